The number of alkyl halides is 3. The lowest BCUT2D eigenvalue weighted by atomic mass is 10.2. The monoisotopic (exact) mass is 401 g/mol. The zero-order chi connectivity index (χ0) is 19.3. The van der Waals surface area contributed by atoms with Crippen molar-refractivity contribution in [3.63, 3.8) is 0 Å². The van der Waals surface area contributed by atoms with Gasteiger partial charge >= 0.3 is 6.18 Å². The van der Waals surface area contributed by atoms with Crippen LogP contribution < -0.4 is 10.6 Å². The third kappa shape index (κ3) is 5.18. The van der Waals surface area contributed by atoms with Gasteiger partial charge in [0, 0.05) is 24.9 Å². The number of aliphatic imine (C=N–C) groups is 1. The summed E-state index contributed by atoms with van der Waals surface area (Å²) in [6, 6.07) is 0. The predicted octanol–water partition coefficient (Wildman–Crippen LogP) is 2.74. The molecule has 0 saturated heterocycles. The highest BCUT2D eigenvalue weighted by Gasteiger charge is 2.33. The summed E-state index contributed by atoms with van der Waals surface area (Å²) in [6.45, 7) is 3.98. The first kappa shape index (κ1) is 19.6. The van der Waals surface area contributed by atoms with E-state index in [9.17, 15) is 13.2 Å². The van der Waals surface area contributed by atoms with Crippen LogP contribution in [0.25, 0.3) is 0 Å². The van der Waals surface area contributed by atoms with Gasteiger partial charge in [-0.2, -0.15) is 13.2 Å². The molecule has 0 saturated carbocycles. The van der Waals surface area contributed by atoms with E-state index in [0.29, 0.717) is 24.1 Å². The Balaban J connectivity index is 1.63. The van der Waals surface area contributed by atoms with Crippen LogP contribution in [0.3, 0.4) is 0 Å². The van der Waals surface area contributed by atoms with Crippen molar-refractivity contribution in [2.45, 2.75) is 58.4 Å². The third-order valence-electron chi connectivity index (χ3n) is 4.16. The molecule has 1 aliphatic heterocycles. The number of thiazole rings is 1. The minimum atomic E-state index is -4.42. The summed E-state index contributed by atoms with van der Waals surface area (Å²) >= 11 is 0.970. The summed E-state index contributed by atoms with van der Waals surface area (Å²) in [6.07, 6.45) is -0.0750. The van der Waals surface area contributed by atoms with Gasteiger partial charge in [-0.15, -0.1) is 21.5 Å². The average molecular weight is 401 g/mol. The van der Waals surface area contributed by atoms with Crippen molar-refractivity contribution in [1.82, 2.24) is 30.4 Å². The van der Waals surface area contributed by atoms with E-state index in [1.54, 1.807) is 0 Å². The first-order valence-electron chi connectivity index (χ1n) is 8.92. The average Bonchev–Trinajstić information content (AvgIpc) is 3.19. The lowest BCUT2D eigenvalue weighted by molar-refractivity contribution is -0.140. The van der Waals surface area contributed by atoms with Crippen LogP contribution in [0.4, 0.5) is 13.2 Å². The molecule has 0 amide bonds. The van der Waals surface area contributed by atoms with Crippen molar-refractivity contribution in [2.75, 3.05) is 6.54 Å². The van der Waals surface area contributed by atoms with E-state index in [1.165, 1.54) is 6.42 Å². The number of hydrogen-bond donors (Lipinski definition) is 2. The molecule has 0 fully saturated rings. The minimum Gasteiger partial charge on any atom is -0.357 e. The van der Waals surface area contributed by atoms with Gasteiger partial charge in [0.2, 0.25) is 0 Å². The van der Waals surface area contributed by atoms with E-state index >= 15 is 0 Å². The van der Waals surface area contributed by atoms with Gasteiger partial charge in [0.05, 0.1) is 6.54 Å². The van der Waals surface area contributed by atoms with E-state index in [0.717, 1.165) is 54.2 Å². The molecule has 7 nitrogen and oxygen atoms in total. The molecule has 3 heterocycles. The van der Waals surface area contributed by atoms with Crippen LogP contribution in [-0.2, 0) is 32.2 Å². The quantitative estimate of drug-likeness (QED) is 0.595. The maximum Gasteiger partial charge on any atom is 0.434 e. The van der Waals surface area contributed by atoms with Crippen LogP contribution in [0.1, 0.15) is 48.5 Å². The fraction of sp³-hybridized carbons (Fsp3) is 0.625. The highest BCUT2D eigenvalue weighted by atomic mass is 32.1. The number of rotatable bonds is 5. The summed E-state index contributed by atoms with van der Waals surface area (Å²) in [5, 5.41) is 16.0. The molecule has 2 aromatic rings. The summed E-state index contributed by atoms with van der Waals surface area (Å²) in [4.78, 5) is 8.10. The Bertz CT molecular complexity index is 781. The van der Waals surface area contributed by atoms with E-state index in [-0.39, 0.29) is 6.54 Å². The molecule has 0 unspecified atom stereocenters. The summed E-state index contributed by atoms with van der Waals surface area (Å²) in [7, 11) is 0. The van der Waals surface area contributed by atoms with Gasteiger partial charge in [-0.1, -0.05) is 6.42 Å². The molecular formula is C16H22F3N7S. The number of halogens is 3. The lowest BCUT2D eigenvalue weighted by Gasteiger charge is -2.10. The SMILES string of the molecule is CCNC(=NCc1nnc2n1CCCCC2)NCc1nc(C(F)(F)F)cs1. The van der Waals surface area contributed by atoms with Gasteiger partial charge in [0.15, 0.2) is 17.5 Å². The number of hydrogen-bond acceptors (Lipinski definition) is 5. The molecule has 1 aliphatic rings. The molecule has 0 radical (unpaired) electrons. The number of nitrogens with zero attached hydrogens (tertiary/aromatic N) is 5. The van der Waals surface area contributed by atoms with Crippen molar-refractivity contribution < 1.29 is 13.2 Å². The van der Waals surface area contributed by atoms with Crippen LogP contribution in [0.2, 0.25) is 0 Å². The number of aromatic nitrogens is 4. The Kier molecular flexibility index (Phi) is 6.30. The van der Waals surface area contributed by atoms with Crippen LogP contribution in [0.5, 0.6) is 0 Å². The molecule has 2 N–H and O–H groups in total. The Morgan fingerprint density at radius 2 is 2.11 bits per heavy atom. The molecule has 0 bridgehead atoms. The van der Waals surface area contributed by atoms with Crippen molar-refractivity contribution in [3.8, 4) is 0 Å². The Morgan fingerprint density at radius 3 is 2.85 bits per heavy atom. The van der Waals surface area contributed by atoms with Gasteiger partial charge < -0.3 is 15.2 Å². The Hall–Kier alpha value is -2.17. The molecule has 0 atom stereocenters. The number of fused-ring (bicyclic) bond motifs is 1. The normalized spacial score (nSPS) is 15.3. The van der Waals surface area contributed by atoms with Crippen molar-refractivity contribution in [1.29, 1.82) is 0 Å². The third-order valence-corrected chi connectivity index (χ3v) is 5.01. The first-order valence-corrected chi connectivity index (χ1v) is 9.80. The van der Waals surface area contributed by atoms with Crippen LogP contribution in [0.15, 0.2) is 10.4 Å². The topological polar surface area (TPSA) is 80.0 Å². The van der Waals surface area contributed by atoms with E-state index in [1.807, 2.05) is 6.92 Å². The van der Waals surface area contributed by atoms with Crippen LogP contribution in [-0.4, -0.2) is 32.3 Å². The van der Waals surface area contributed by atoms with Crippen molar-refractivity contribution in [3.05, 3.63) is 27.7 Å². The van der Waals surface area contributed by atoms with Gasteiger partial charge in [-0.25, -0.2) is 9.98 Å². The van der Waals surface area contributed by atoms with Gasteiger partial charge in [-0.3, -0.25) is 0 Å². The van der Waals surface area contributed by atoms with Gasteiger partial charge in [0.25, 0.3) is 0 Å². The molecule has 3 rings (SSSR count). The predicted molar refractivity (Wildman–Crippen MR) is 96.3 cm³/mol. The van der Waals surface area contributed by atoms with Crippen molar-refractivity contribution >= 4 is 17.3 Å². The second-order valence-corrected chi connectivity index (χ2v) is 7.11. The summed E-state index contributed by atoms with van der Waals surface area (Å²) in [5.74, 6) is 2.31. The zero-order valence-electron chi connectivity index (χ0n) is 15.0. The molecule has 0 aromatic carbocycles. The highest BCUT2D eigenvalue weighted by molar-refractivity contribution is 7.09. The van der Waals surface area contributed by atoms with E-state index < -0.39 is 11.9 Å². The molecular weight excluding hydrogens is 379 g/mol. The largest absolute Gasteiger partial charge is 0.434 e. The minimum absolute atomic E-state index is 0.171. The van der Waals surface area contributed by atoms with Crippen LogP contribution in [0, 0.1) is 0 Å². The maximum atomic E-state index is 12.6. The summed E-state index contributed by atoms with van der Waals surface area (Å²) < 4.78 is 40.0. The molecule has 0 spiro atoms. The van der Waals surface area contributed by atoms with Gasteiger partial charge in [0.1, 0.15) is 17.4 Å². The first-order chi connectivity index (χ1) is 13.0. The molecule has 2 aromatic heterocycles. The second kappa shape index (κ2) is 8.68. The fourth-order valence-corrected chi connectivity index (χ4v) is 3.58. The van der Waals surface area contributed by atoms with Gasteiger partial charge in [-0.05, 0) is 19.8 Å². The number of aryl methyl sites for hydroxylation is 1. The molecule has 148 valence electrons. The fourth-order valence-electron chi connectivity index (χ4n) is 2.84. The molecule has 11 heteroatoms. The van der Waals surface area contributed by atoms with Crippen LogP contribution >= 0.6 is 11.3 Å². The van der Waals surface area contributed by atoms with E-state index in [4.69, 9.17) is 0 Å². The highest BCUT2D eigenvalue weighted by Crippen LogP contribution is 2.29. The lowest BCUT2D eigenvalue weighted by Crippen LogP contribution is -2.36. The van der Waals surface area contributed by atoms with Crippen molar-refractivity contribution in [2.24, 2.45) is 4.99 Å². The second-order valence-electron chi connectivity index (χ2n) is 6.17. The smallest absolute Gasteiger partial charge is 0.357 e. The standard InChI is InChI=1S/C16H22F3N7S/c1-2-20-15(22-9-14-23-11(10-27-14)16(17,18)19)21-8-13-25-24-12-6-4-3-5-7-26(12)13/h10H,2-9H2,1H3,(H2,20,21,22). The zero-order valence-corrected chi connectivity index (χ0v) is 15.8. The molecule has 27 heavy (non-hydrogen) atoms. The number of guanidine groups is 1. The molecule has 0 aliphatic carbocycles. The number of nitrogens with one attached hydrogen (secondary N) is 2. The summed E-state index contributed by atoms with van der Waals surface area (Å²) in [5.41, 5.74) is -0.864. The maximum absolute atomic E-state index is 12.6. The Morgan fingerprint density at radius 1 is 1.26 bits per heavy atom. The Labute approximate surface area is 159 Å². The van der Waals surface area contributed by atoms with E-state index in [2.05, 4.69) is 35.4 Å².